The average Bonchev–Trinajstić information content (AvgIpc) is 3.99. The van der Waals surface area contributed by atoms with Crippen LogP contribution in [0.25, 0.3) is 94.1 Å². The summed E-state index contributed by atoms with van der Waals surface area (Å²) in [4.78, 5) is 7.29. The van der Waals surface area contributed by atoms with Crippen LogP contribution in [0.2, 0.25) is 0 Å². The summed E-state index contributed by atoms with van der Waals surface area (Å²) in [5, 5.41) is 4.66. The summed E-state index contributed by atoms with van der Waals surface area (Å²) in [5.74, 6) is 0. The monoisotopic (exact) mass is 845 g/mol. The van der Waals surface area contributed by atoms with E-state index in [2.05, 4.69) is 230 Å². The van der Waals surface area contributed by atoms with Crippen LogP contribution in [0.1, 0.15) is 25.0 Å². The maximum absolute atomic E-state index is 6.61. The van der Waals surface area contributed by atoms with Gasteiger partial charge in [0.05, 0.1) is 16.7 Å². The van der Waals surface area contributed by atoms with Gasteiger partial charge in [-0.05, 0) is 136 Å². The van der Waals surface area contributed by atoms with Crippen molar-refractivity contribution in [3.05, 3.63) is 236 Å². The van der Waals surface area contributed by atoms with Gasteiger partial charge in [0.15, 0.2) is 0 Å². The maximum atomic E-state index is 6.61. The Bertz CT molecular complexity index is 3790. The van der Waals surface area contributed by atoms with E-state index < -0.39 is 0 Å². The standard InChI is InChI=1S/C62H43N3O/c1-62(2)55-24-12-9-21-48(55)54-38-47(37-52(61(54)62)41-28-31-58-53(36-41)49-22-10-13-26-57(49)65(58)44-19-7-4-8-20-44)64(45-29-30-51-50-23-11-14-27-59(50)66-60(51)39-45)46-34-42(40-17-5-3-6-18-40)33-43(35-46)56-25-15-16-32-63-56/h3-39H,1-2H3. The molecule has 0 N–H and O–H groups in total. The molecule has 0 radical (unpaired) electrons. The predicted octanol–water partition coefficient (Wildman–Crippen LogP) is 16.9. The van der Waals surface area contributed by atoms with Crippen molar-refractivity contribution in [2.75, 3.05) is 4.90 Å². The van der Waals surface area contributed by atoms with Gasteiger partial charge in [-0.15, -0.1) is 0 Å². The Hall–Kier alpha value is -8.47. The third-order valence-electron chi connectivity index (χ3n) is 13.8. The number of hydrogen-bond donors (Lipinski definition) is 0. The predicted molar refractivity (Wildman–Crippen MR) is 274 cm³/mol. The van der Waals surface area contributed by atoms with Crippen LogP contribution in [0.3, 0.4) is 0 Å². The van der Waals surface area contributed by atoms with Crippen molar-refractivity contribution in [2.24, 2.45) is 0 Å². The molecule has 9 aromatic carbocycles. The molecule has 4 heteroatoms. The zero-order valence-corrected chi connectivity index (χ0v) is 36.6. The Morgan fingerprint density at radius 2 is 1.11 bits per heavy atom. The fourth-order valence-corrected chi connectivity index (χ4v) is 10.8. The first-order chi connectivity index (χ1) is 32.5. The van der Waals surface area contributed by atoms with Crippen molar-refractivity contribution in [1.29, 1.82) is 0 Å². The van der Waals surface area contributed by atoms with E-state index in [0.29, 0.717) is 0 Å². The molecule has 312 valence electrons. The lowest BCUT2D eigenvalue weighted by Gasteiger charge is -2.30. The summed E-state index contributed by atoms with van der Waals surface area (Å²) in [5.41, 5.74) is 19.8. The van der Waals surface area contributed by atoms with Crippen molar-refractivity contribution < 1.29 is 4.42 Å². The number of aromatic nitrogens is 2. The first-order valence-electron chi connectivity index (χ1n) is 22.7. The van der Waals surface area contributed by atoms with Gasteiger partial charge in [0.25, 0.3) is 0 Å². The van der Waals surface area contributed by atoms with Crippen LogP contribution in [0.4, 0.5) is 17.1 Å². The van der Waals surface area contributed by atoms with E-state index >= 15 is 0 Å². The van der Waals surface area contributed by atoms with Crippen LogP contribution in [0, 0.1) is 0 Å². The molecule has 0 unspecified atom stereocenters. The first-order valence-corrected chi connectivity index (χ1v) is 22.7. The van der Waals surface area contributed by atoms with Gasteiger partial charge >= 0.3 is 0 Å². The highest BCUT2D eigenvalue weighted by Crippen LogP contribution is 2.55. The highest BCUT2D eigenvalue weighted by atomic mass is 16.3. The lowest BCUT2D eigenvalue weighted by molar-refractivity contribution is 0.662. The van der Waals surface area contributed by atoms with Gasteiger partial charge in [-0.3, -0.25) is 4.98 Å². The quantitative estimate of drug-likeness (QED) is 0.160. The van der Waals surface area contributed by atoms with Gasteiger partial charge < -0.3 is 13.9 Å². The van der Waals surface area contributed by atoms with Crippen LogP contribution in [0.15, 0.2) is 229 Å². The molecule has 1 aliphatic carbocycles. The Labute approximate surface area is 383 Å². The van der Waals surface area contributed by atoms with E-state index in [-0.39, 0.29) is 5.41 Å². The number of fused-ring (bicyclic) bond motifs is 9. The Morgan fingerprint density at radius 3 is 1.95 bits per heavy atom. The number of anilines is 3. The van der Waals surface area contributed by atoms with Crippen LogP contribution >= 0.6 is 0 Å². The largest absolute Gasteiger partial charge is 0.456 e. The third kappa shape index (κ3) is 5.95. The molecular weight excluding hydrogens is 803 g/mol. The van der Waals surface area contributed by atoms with Crippen LogP contribution in [-0.4, -0.2) is 9.55 Å². The number of pyridine rings is 1. The molecule has 0 bridgehead atoms. The minimum absolute atomic E-state index is 0.260. The Balaban J connectivity index is 1.11. The molecule has 0 saturated carbocycles. The highest BCUT2D eigenvalue weighted by Gasteiger charge is 2.38. The molecule has 0 amide bonds. The molecule has 13 rings (SSSR count). The molecule has 4 nitrogen and oxygen atoms in total. The van der Waals surface area contributed by atoms with Gasteiger partial charge in [0, 0.05) is 67.5 Å². The number of nitrogens with zero attached hydrogens (tertiary/aromatic N) is 3. The van der Waals surface area contributed by atoms with E-state index in [9.17, 15) is 0 Å². The average molecular weight is 846 g/mol. The maximum Gasteiger partial charge on any atom is 0.137 e. The van der Waals surface area contributed by atoms with Crippen molar-refractivity contribution in [2.45, 2.75) is 19.3 Å². The fourth-order valence-electron chi connectivity index (χ4n) is 10.8. The first kappa shape index (κ1) is 38.0. The normalized spacial score (nSPS) is 12.8. The molecule has 3 heterocycles. The second kappa shape index (κ2) is 14.8. The van der Waals surface area contributed by atoms with Gasteiger partial charge in [0.2, 0.25) is 0 Å². The van der Waals surface area contributed by atoms with Crippen LogP contribution in [0.5, 0.6) is 0 Å². The SMILES string of the molecule is CC1(C)c2ccccc2-c2cc(N(c3cc(-c4ccccc4)cc(-c4ccccn4)c3)c3ccc4c(c3)oc3ccccc34)cc(-c3ccc4c(c3)c3ccccc3n4-c3ccccc3)c21. The van der Waals surface area contributed by atoms with Crippen molar-refractivity contribution >= 4 is 60.8 Å². The number of benzene rings is 9. The number of hydrogen-bond acceptors (Lipinski definition) is 3. The van der Waals surface area contributed by atoms with Crippen LogP contribution < -0.4 is 4.90 Å². The lowest BCUT2D eigenvalue weighted by Crippen LogP contribution is -2.17. The summed E-state index contributed by atoms with van der Waals surface area (Å²) >= 11 is 0. The summed E-state index contributed by atoms with van der Waals surface area (Å²) in [6, 6.07) is 79.0. The number of para-hydroxylation sites is 3. The van der Waals surface area contributed by atoms with Gasteiger partial charge in [-0.25, -0.2) is 0 Å². The fraction of sp³-hybridized carbons (Fsp3) is 0.0484. The zero-order valence-electron chi connectivity index (χ0n) is 36.6. The smallest absolute Gasteiger partial charge is 0.137 e. The third-order valence-corrected chi connectivity index (χ3v) is 13.8. The molecule has 0 atom stereocenters. The van der Waals surface area contributed by atoms with Gasteiger partial charge in [-0.1, -0.05) is 135 Å². The van der Waals surface area contributed by atoms with Crippen LogP contribution in [-0.2, 0) is 5.41 Å². The molecule has 3 aromatic heterocycles. The molecule has 66 heavy (non-hydrogen) atoms. The molecule has 0 aliphatic heterocycles. The Kier molecular flexibility index (Phi) is 8.53. The molecular formula is C62H43N3O. The van der Waals surface area contributed by atoms with Crippen molar-refractivity contribution in [3.63, 3.8) is 0 Å². The summed E-state index contributed by atoms with van der Waals surface area (Å²) in [7, 11) is 0. The highest BCUT2D eigenvalue weighted by molar-refractivity contribution is 6.11. The Morgan fingerprint density at radius 1 is 0.424 bits per heavy atom. The molecule has 0 spiro atoms. The zero-order chi connectivity index (χ0) is 43.9. The van der Waals surface area contributed by atoms with E-state index in [4.69, 9.17) is 9.40 Å². The van der Waals surface area contributed by atoms with Gasteiger partial charge in [-0.2, -0.15) is 0 Å². The summed E-state index contributed by atoms with van der Waals surface area (Å²) < 4.78 is 9.01. The molecule has 0 fully saturated rings. The van der Waals surface area contributed by atoms with Crippen molar-refractivity contribution in [1.82, 2.24) is 9.55 Å². The van der Waals surface area contributed by atoms with E-state index in [1.807, 2.05) is 18.3 Å². The summed E-state index contributed by atoms with van der Waals surface area (Å²) in [6.07, 6.45) is 1.87. The second-order valence-corrected chi connectivity index (χ2v) is 18.0. The number of rotatable bonds is 7. The summed E-state index contributed by atoms with van der Waals surface area (Å²) in [6.45, 7) is 4.77. The van der Waals surface area contributed by atoms with E-state index in [1.54, 1.807) is 0 Å². The minimum atomic E-state index is -0.260. The lowest BCUT2D eigenvalue weighted by atomic mass is 9.78. The molecule has 12 aromatic rings. The van der Waals surface area contributed by atoms with E-state index in [1.165, 1.54) is 55.2 Å². The second-order valence-electron chi connectivity index (χ2n) is 18.0. The van der Waals surface area contributed by atoms with Gasteiger partial charge in [0.1, 0.15) is 11.2 Å². The van der Waals surface area contributed by atoms with E-state index in [0.717, 1.165) is 67.1 Å². The molecule has 1 aliphatic rings. The molecule has 0 saturated heterocycles. The minimum Gasteiger partial charge on any atom is -0.456 e. The number of furan rings is 1. The van der Waals surface area contributed by atoms with Crippen molar-refractivity contribution in [3.8, 4) is 50.3 Å². The topological polar surface area (TPSA) is 34.2 Å².